The summed E-state index contributed by atoms with van der Waals surface area (Å²) in [5.74, 6) is -0.451. The number of Topliss-reactive ketones (excluding diaryl/α,β-unsaturated/α-hetero) is 1. The second kappa shape index (κ2) is 5.66. The Bertz CT molecular complexity index is 617. The zero-order chi connectivity index (χ0) is 15.5. The third kappa shape index (κ3) is 3.36. The molecule has 112 valence electrons. The minimum absolute atomic E-state index is 0.000342. The van der Waals surface area contributed by atoms with Gasteiger partial charge in [0.1, 0.15) is 0 Å². The number of hydrogen-bond donors (Lipinski definition) is 3. The Morgan fingerprint density at radius 2 is 1.43 bits per heavy atom. The zero-order valence-corrected chi connectivity index (χ0v) is 12.6. The van der Waals surface area contributed by atoms with Crippen LogP contribution in [0.25, 0.3) is 0 Å². The van der Waals surface area contributed by atoms with Gasteiger partial charge in [-0.2, -0.15) is 0 Å². The topological polar surface area (TPSA) is 77.8 Å². The van der Waals surface area contributed by atoms with Crippen molar-refractivity contribution in [2.45, 2.75) is 19.0 Å². The fourth-order valence-electron chi connectivity index (χ4n) is 2.38. The van der Waals surface area contributed by atoms with E-state index in [-0.39, 0.29) is 11.7 Å². The van der Waals surface area contributed by atoms with Crippen LogP contribution in [0.3, 0.4) is 0 Å². The third-order valence-corrected chi connectivity index (χ3v) is 6.55. The molecule has 0 heterocycles. The molecule has 0 aliphatic heterocycles. The average Bonchev–Trinajstić information content (AvgIpc) is 2.46. The monoisotopic (exact) mass is 306 g/mol. The van der Waals surface area contributed by atoms with Crippen molar-refractivity contribution in [2.24, 2.45) is 0 Å². The molecule has 0 aliphatic carbocycles. The third-order valence-electron chi connectivity index (χ3n) is 3.57. The Kier molecular flexibility index (Phi) is 4.26. The van der Waals surface area contributed by atoms with Gasteiger partial charge < -0.3 is 0 Å². The molecular weight excluding hydrogens is 287 g/mol. The van der Waals surface area contributed by atoms with Gasteiger partial charge >= 0.3 is 123 Å². The van der Waals surface area contributed by atoms with Crippen molar-refractivity contribution in [2.75, 3.05) is 0 Å². The summed E-state index contributed by atoms with van der Waals surface area (Å²) in [5.41, 5.74) is -0.499. The molecule has 2 aromatic carbocycles. The molecule has 0 aromatic heterocycles. The van der Waals surface area contributed by atoms with E-state index in [1.165, 1.54) is 19.1 Å². The number of rotatable bonds is 5. The van der Waals surface area contributed by atoms with Crippen LogP contribution in [0.15, 0.2) is 60.7 Å². The number of ketones is 1. The summed E-state index contributed by atoms with van der Waals surface area (Å²) in [6, 6.07) is 16.8. The van der Waals surface area contributed by atoms with E-state index >= 15 is 0 Å². The first-order valence-corrected chi connectivity index (χ1v) is 8.82. The first-order valence-electron chi connectivity index (χ1n) is 6.66. The molecule has 0 aliphatic rings. The number of carbonyl (C=O) groups is 1. The van der Waals surface area contributed by atoms with Gasteiger partial charge in [-0.05, 0) is 0 Å². The molecule has 0 saturated heterocycles. The van der Waals surface area contributed by atoms with E-state index in [0.29, 0.717) is 0 Å². The van der Waals surface area contributed by atoms with Crippen molar-refractivity contribution >= 4 is 18.4 Å². The molecule has 0 amide bonds. The van der Waals surface area contributed by atoms with Gasteiger partial charge in [-0.25, -0.2) is 0 Å². The molecule has 1 atom stereocenters. The van der Waals surface area contributed by atoms with E-state index < -0.39 is 18.7 Å². The van der Waals surface area contributed by atoms with Crippen LogP contribution in [-0.4, -0.2) is 26.1 Å². The summed E-state index contributed by atoms with van der Waals surface area (Å²) in [7, 11) is -5.29. The van der Waals surface area contributed by atoms with Crippen LogP contribution < -0.4 is 5.30 Å². The van der Waals surface area contributed by atoms with Crippen LogP contribution >= 0.6 is 7.28 Å². The van der Waals surface area contributed by atoms with Gasteiger partial charge in [0.05, 0.1) is 0 Å². The summed E-state index contributed by atoms with van der Waals surface area (Å²) in [6.45, 7) is 1.26. The molecular formula is C16H19O4P. The summed E-state index contributed by atoms with van der Waals surface area (Å²) in [4.78, 5) is 43.6. The molecule has 0 spiro atoms. The van der Waals surface area contributed by atoms with Crippen LogP contribution in [0, 0.1) is 0 Å². The van der Waals surface area contributed by atoms with Gasteiger partial charge in [-0.15, -0.1) is 0 Å². The Morgan fingerprint density at radius 3 is 1.90 bits per heavy atom. The second-order valence-electron chi connectivity index (χ2n) is 5.20. The molecule has 3 N–H and O–H groups in total. The van der Waals surface area contributed by atoms with E-state index in [1.807, 2.05) is 6.07 Å². The van der Waals surface area contributed by atoms with Gasteiger partial charge in [0, 0.05) is 0 Å². The molecule has 5 heteroatoms. The fourth-order valence-corrected chi connectivity index (χ4v) is 4.70. The van der Waals surface area contributed by atoms with E-state index in [1.54, 1.807) is 42.5 Å². The van der Waals surface area contributed by atoms with Crippen LogP contribution in [0.4, 0.5) is 0 Å². The molecule has 0 bridgehead atoms. The SMILES string of the molecule is CC(=O)C(Cc1ccccc1)P(O)(O)(O)c1ccccc1. The van der Waals surface area contributed by atoms with Crippen molar-refractivity contribution in [3.63, 3.8) is 0 Å². The normalized spacial score (nSPS) is 15.0. The quantitative estimate of drug-likeness (QED) is 0.736. The first-order chi connectivity index (χ1) is 9.80. The number of benzene rings is 2. The van der Waals surface area contributed by atoms with Gasteiger partial charge in [-0.3, -0.25) is 0 Å². The van der Waals surface area contributed by atoms with Crippen molar-refractivity contribution in [3.8, 4) is 0 Å². The molecule has 0 fully saturated rings. The Balaban J connectivity index is 2.44. The number of hydrogen-bond acceptors (Lipinski definition) is 4. The van der Waals surface area contributed by atoms with Crippen molar-refractivity contribution in [1.29, 1.82) is 0 Å². The van der Waals surface area contributed by atoms with Crippen LogP contribution in [-0.2, 0) is 11.2 Å². The van der Waals surface area contributed by atoms with Gasteiger partial charge in [0.2, 0.25) is 0 Å². The molecule has 0 radical (unpaired) electrons. The predicted octanol–water partition coefficient (Wildman–Crippen LogP) is 1.79. The zero-order valence-electron chi connectivity index (χ0n) is 11.8. The van der Waals surface area contributed by atoms with Gasteiger partial charge in [-0.1, -0.05) is 0 Å². The van der Waals surface area contributed by atoms with E-state index in [2.05, 4.69) is 0 Å². The average molecular weight is 306 g/mol. The molecule has 4 nitrogen and oxygen atoms in total. The second-order valence-corrected chi connectivity index (χ2v) is 8.42. The van der Waals surface area contributed by atoms with Crippen LogP contribution in [0.1, 0.15) is 12.5 Å². The Labute approximate surface area is 123 Å². The van der Waals surface area contributed by atoms with Crippen molar-refractivity contribution in [3.05, 3.63) is 66.2 Å². The fraction of sp³-hybridized carbons (Fsp3) is 0.188. The standard InChI is InChI=1S/C16H19O4P/c1-13(17)16(12-14-8-4-2-5-9-14)21(18,19,20)15-10-6-3-7-11-15/h2-11,16,18-20H,12H2,1H3. The number of carbonyl (C=O) groups excluding carboxylic acids is 1. The molecule has 21 heavy (non-hydrogen) atoms. The Morgan fingerprint density at radius 1 is 0.952 bits per heavy atom. The predicted molar refractivity (Wildman–Crippen MR) is 84.3 cm³/mol. The summed E-state index contributed by atoms with van der Waals surface area (Å²) in [5, 5.41) is -0.000342. The minimum atomic E-state index is -5.29. The summed E-state index contributed by atoms with van der Waals surface area (Å²) >= 11 is 0. The molecule has 1 unspecified atom stereocenters. The van der Waals surface area contributed by atoms with E-state index in [9.17, 15) is 19.5 Å². The molecule has 0 saturated carbocycles. The van der Waals surface area contributed by atoms with E-state index in [0.717, 1.165) is 5.56 Å². The van der Waals surface area contributed by atoms with Crippen LogP contribution in [0.5, 0.6) is 0 Å². The first kappa shape index (κ1) is 15.8. The van der Waals surface area contributed by atoms with E-state index in [4.69, 9.17) is 0 Å². The Hall–Kier alpha value is -1.58. The van der Waals surface area contributed by atoms with Gasteiger partial charge in [0.25, 0.3) is 0 Å². The molecule has 2 aromatic rings. The summed E-state index contributed by atoms with van der Waals surface area (Å²) in [6.07, 6.45) is 0.0758. The van der Waals surface area contributed by atoms with Crippen LogP contribution in [0.2, 0.25) is 0 Å². The molecule has 2 rings (SSSR count). The van der Waals surface area contributed by atoms with Gasteiger partial charge in [0.15, 0.2) is 0 Å². The maximum absolute atomic E-state index is 11.9. The summed E-state index contributed by atoms with van der Waals surface area (Å²) < 4.78 is 0. The van der Waals surface area contributed by atoms with Crippen molar-refractivity contribution < 1.29 is 19.5 Å². The van der Waals surface area contributed by atoms with Crippen molar-refractivity contribution in [1.82, 2.24) is 0 Å². The maximum atomic E-state index is 11.9.